The summed E-state index contributed by atoms with van der Waals surface area (Å²) in [6, 6.07) is 9.78. The molecule has 0 atom stereocenters. The Morgan fingerprint density at radius 1 is 1.11 bits per heavy atom. The van der Waals surface area contributed by atoms with Crippen LogP contribution >= 0.6 is 0 Å². The molecule has 0 aliphatic carbocycles. The molecule has 1 rings (SSSR count). The van der Waals surface area contributed by atoms with E-state index in [1.807, 2.05) is 37.4 Å². The number of benzene rings is 1. The summed E-state index contributed by atoms with van der Waals surface area (Å²) >= 11 is 0. The van der Waals surface area contributed by atoms with Gasteiger partial charge < -0.3 is 10.1 Å². The van der Waals surface area contributed by atoms with Gasteiger partial charge in [0.25, 0.3) is 0 Å². The maximum Gasteiger partial charge on any atom is 0.306 e. The second-order valence-corrected chi connectivity index (χ2v) is 4.41. The lowest BCUT2D eigenvalue weighted by Crippen LogP contribution is -2.07. The van der Waals surface area contributed by atoms with Crippen molar-refractivity contribution in [2.45, 2.75) is 38.7 Å². The summed E-state index contributed by atoms with van der Waals surface area (Å²) < 4.78 is 5.20. The highest BCUT2D eigenvalue weighted by Gasteiger charge is 2.02. The third kappa shape index (κ3) is 7.07. The van der Waals surface area contributed by atoms with E-state index < -0.39 is 0 Å². The Morgan fingerprint density at radius 3 is 2.56 bits per heavy atom. The van der Waals surface area contributed by atoms with E-state index in [1.54, 1.807) is 0 Å². The van der Waals surface area contributed by atoms with Crippen molar-refractivity contribution in [3.63, 3.8) is 0 Å². The van der Waals surface area contributed by atoms with Crippen LogP contribution in [-0.4, -0.2) is 19.6 Å². The molecule has 1 aromatic rings. The van der Waals surface area contributed by atoms with Crippen molar-refractivity contribution in [1.82, 2.24) is 5.32 Å². The minimum absolute atomic E-state index is 0.0903. The number of unbranched alkanes of at least 4 members (excludes halogenated alkanes) is 3. The highest BCUT2D eigenvalue weighted by Crippen LogP contribution is 2.06. The van der Waals surface area contributed by atoms with Crippen LogP contribution < -0.4 is 5.32 Å². The molecule has 0 spiro atoms. The first-order valence-electron chi connectivity index (χ1n) is 6.67. The van der Waals surface area contributed by atoms with Gasteiger partial charge in [0.15, 0.2) is 0 Å². The maximum absolute atomic E-state index is 11.5. The highest BCUT2D eigenvalue weighted by molar-refractivity contribution is 5.69. The van der Waals surface area contributed by atoms with Crippen molar-refractivity contribution in [3.05, 3.63) is 35.9 Å². The van der Waals surface area contributed by atoms with Crippen LogP contribution in [-0.2, 0) is 16.1 Å². The van der Waals surface area contributed by atoms with Crippen LogP contribution in [0.5, 0.6) is 0 Å². The predicted octanol–water partition coefficient (Wildman–Crippen LogP) is 2.90. The van der Waals surface area contributed by atoms with E-state index in [4.69, 9.17) is 4.74 Å². The molecule has 0 unspecified atom stereocenters. The highest BCUT2D eigenvalue weighted by atomic mass is 16.5. The predicted molar refractivity (Wildman–Crippen MR) is 73.2 cm³/mol. The Kier molecular flexibility index (Phi) is 7.89. The number of rotatable bonds is 9. The zero-order valence-electron chi connectivity index (χ0n) is 11.2. The molecular weight excluding hydrogens is 226 g/mol. The van der Waals surface area contributed by atoms with Gasteiger partial charge >= 0.3 is 5.97 Å². The molecule has 18 heavy (non-hydrogen) atoms. The van der Waals surface area contributed by atoms with E-state index in [0.717, 1.165) is 24.9 Å². The minimum atomic E-state index is -0.0903. The molecule has 0 heterocycles. The lowest BCUT2D eigenvalue weighted by atomic mass is 10.1. The molecule has 0 saturated heterocycles. The lowest BCUT2D eigenvalue weighted by molar-refractivity contribution is -0.145. The molecule has 0 saturated carbocycles. The first-order valence-corrected chi connectivity index (χ1v) is 6.67. The van der Waals surface area contributed by atoms with Crippen LogP contribution in [0.15, 0.2) is 30.3 Å². The average Bonchev–Trinajstić information content (AvgIpc) is 2.41. The molecule has 0 aromatic heterocycles. The third-order valence-corrected chi connectivity index (χ3v) is 2.80. The molecule has 0 fully saturated rings. The Bertz CT molecular complexity index is 325. The number of hydrogen-bond acceptors (Lipinski definition) is 3. The van der Waals surface area contributed by atoms with E-state index in [0.29, 0.717) is 13.0 Å². The summed E-state index contributed by atoms with van der Waals surface area (Å²) in [7, 11) is 1.96. The number of nitrogens with one attached hydrogen (secondary N) is 1. The number of carbonyl (C=O) groups excluding carboxylic acids is 1. The van der Waals surface area contributed by atoms with Gasteiger partial charge in [-0.2, -0.15) is 0 Å². The number of ether oxygens (including phenoxy) is 1. The molecule has 100 valence electrons. The minimum Gasteiger partial charge on any atom is -0.461 e. The smallest absolute Gasteiger partial charge is 0.306 e. The van der Waals surface area contributed by atoms with Crippen molar-refractivity contribution in [3.8, 4) is 0 Å². The molecular formula is C15H23NO2. The fourth-order valence-electron chi connectivity index (χ4n) is 1.73. The molecule has 3 heteroatoms. The van der Waals surface area contributed by atoms with Gasteiger partial charge in [-0.25, -0.2) is 0 Å². The monoisotopic (exact) mass is 249 g/mol. The summed E-state index contributed by atoms with van der Waals surface area (Å²) in [6.07, 6.45) is 4.91. The molecule has 0 amide bonds. The zero-order chi connectivity index (χ0) is 13.1. The fourth-order valence-corrected chi connectivity index (χ4v) is 1.73. The first kappa shape index (κ1) is 14.7. The topological polar surface area (TPSA) is 38.3 Å². The summed E-state index contributed by atoms with van der Waals surface area (Å²) in [5.41, 5.74) is 1.04. The van der Waals surface area contributed by atoms with Crippen LogP contribution in [0.3, 0.4) is 0 Å². The quantitative estimate of drug-likeness (QED) is 0.540. The van der Waals surface area contributed by atoms with Crippen molar-refractivity contribution in [2.75, 3.05) is 13.6 Å². The second kappa shape index (κ2) is 9.66. The standard InChI is InChI=1S/C15H23NO2/c1-16-12-8-3-2-7-11-15(17)18-13-14-9-5-4-6-10-14/h4-6,9-10,16H,2-3,7-8,11-13H2,1H3. The summed E-state index contributed by atoms with van der Waals surface area (Å²) in [6.45, 7) is 1.44. The van der Waals surface area contributed by atoms with E-state index >= 15 is 0 Å². The van der Waals surface area contributed by atoms with Crippen molar-refractivity contribution < 1.29 is 9.53 Å². The van der Waals surface area contributed by atoms with Gasteiger partial charge in [0.05, 0.1) is 0 Å². The van der Waals surface area contributed by atoms with Crippen LogP contribution in [0.2, 0.25) is 0 Å². The van der Waals surface area contributed by atoms with Gasteiger partial charge in [0, 0.05) is 6.42 Å². The summed E-state index contributed by atoms with van der Waals surface area (Å²) in [5.74, 6) is -0.0903. The van der Waals surface area contributed by atoms with Crippen LogP contribution in [0.25, 0.3) is 0 Å². The Morgan fingerprint density at radius 2 is 1.83 bits per heavy atom. The van der Waals surface area contributed by atoms with Gasteiger partial charge in [-0.3, -0.25) is 4.79 Å². The second-order valence-electron chi connectivity index (χ2n) is 4.41. The first-order chi connectivity index (χ1) is 8.83. The van der Waals surface area contributed by atoms with Crippen LogP contribution in [0.4, 0.5) is 0 Å². The van der Waals surface area contributed by atoms with E-state index in [2.05, 4.69) is 5.32 Å². The maximum atomic E-state index is 11.5. The van der Waals surface area contributed by atoms with Crippen molar-refractivity contribution >= 4 is 5.97 Å². The lowest BCUT2D eigenvalue weighted by Gasteiger charge is -2.05. The summed E-state index contributed by atoms with van der Waals surface area (Å²) in [5, 5.41) is 3.11. The van der Waals surface area contributed by atoms with Gasteiger partial charge in [-0.05, 0) is 32.0 Å². The SMILES string of the molecule is CNCCCCCCC(=O)OCc1ccccc1. The molecule has 3 nitrogen and oxygen atoms in total. The molecule has 0 aliphatic heterocycles. The van der Waals surface area contributed by atoms with Gasteiger partial charge in [-0.1, -0.05) is 43.2 Å². The van der Waals surface area contributed by atoms with Crippen LogP contribution in [0.1, 0.15) is 37.7 Å². The fraction of sp³-hybridized carbons (Fsp3) is 0.533. The van der Waals surface area contributed by atoms with Gasteiger partial charge in [0.1, 0.15) is 6.61 Å². The molecule has 1 N–H and O–H groups in total. The largest absolute Gasteiger partial charge is 0.461 e. The molecule has 0 bridgehead atoms. The normalized spacial score (nSPS) is 10.3. The van der Waals surface area contributed by atoms with Crippen LogP contribution in [0, 0.1) is 0 Å². The van der Waals surface area contributed by atoms with Gasteiger partial charge in [-0.15, -0.1) is 0 Å². The number of esters is 1. The Labute approximate surface area is 110 Å². The van der Waals surface area contributed by atoms with Crippen molar-refractivity contribution in [2.24, 2.45) is 0 Å². The molecule has 1 aromatic carbocycles. The van der Waals surface area contributed by atoms with Gasteiger partial charge in [0.2, 0.25) is 0 Å². The third-order valence-electron chi connectivity index (χ3n) is 2.80. The molecule has 0 aliphatic rings. The summed E-state index contributed by atoms with van der Waals surface area (Å²) in [4.78, 5) is 11.5. The molecule has 0 radical (unpaired) electrons. The Balaban J connectivity index is 2.01. The Hall–Kier alpha value is -1.35. The van der Waals surface area contributed by atoms with E-state index in [1.165, 1.54) is 12.8 Å². The van der Waals surface area contributed by atoms with E-state index in [9.17, 15) is 4.79 Å². The average molecular weight is 249 g/mol. The van der Waals surface area contributed by atoms with Crippen molar-refractivity contribution in [1.29, 1.82) is 0 Å². The van der Waals surface area contributed by atoms with E-state index in [-0.39, 0.29) is 5.97 Å². The number of hydrogen-bond donors (Lipinski definition) is 1. The number of carbonyl (C=O) groups is 1. The zero-order valence-corrected chi connectivity index (χ0v) is 11.2.